The number of hydrogen-bond acceptors (Lipinski definition) is 5. The average molecular weight is 347 g/mol. The van der Waals surface area contributed by atoms with Gasteiger partial charge >= 0.3 is 0 Å². The summed E-state index contributed by atoms with van der Waals surface area (Å²) in [5, 5.41) is 3.64. The number of nitrogens with two attached hydrogens (primary N) is 1. The number of anilines is 1. The maximum Gasteiger partial charge on any atom is 0.273 e. The molecule has 2 aromatic rings. The number of nitrogen functional groups attached to an aromatic ring is 1. The molecule has 126 valence electrons. The van der Waals surface area contributed by atoms with Gasteiger partial charge in [-0.3, -0.25) is 4.79 Å². The van der Waals surface area contributed by atoms with Crippen LogP contribution >= 0.6 is 11.6 Å². The first-order valence-electron chi connectivity index (χ1n) is 7.80. The summed E-state index contributed by atoms with van der Waals surface area (Å²) in [5.41, 5.74) is 6.63. The molecule has 1 aliphatic heterocycles. The van der Waals surface area contributed by atoms with Crippen molar-refractivity contribution in [2.45, 2.75) is 18.3 Å². The third-order valence-corrected chi connectivity index (χ3v) is 4.75. The molecule has 0 aliphatic carbocycles. The van der Waals surface area contributed by atoms with Crippen LogP contribution in [0.25, 0.3) is 0 Å². The minimum atomic E-state index is -0.335. The van der Waals surface area contributed by atoms with Gasteiger partial charge in [0.1, 0.15) is 0 Å². The topological polar surface area (TPSA) is 90.1 Å². The fraction of sp³-hybridized carbons (Fsp3) is 0.353. The SMILES string of the molecule is Nc1nccnc1C(=O)NCC1(c2ccccc2Cl)CCOCC1. The Hall–Kier alpha value is -2.18. The monoisotopic (exact) mass is 346 g/mol. The van der Waals surface area contributed by atoms with Crippen LogP contribution in [0.5, 0.6) is 0 Å². The van der Waals surface area contributed by atoms with E-state index >= 15 is 0 Å². The van der Waals surface area contributed by atoms with E-state index in [2.05, 4.69) is 15.3 Å². The number of amides is 1. The third-order valence-electron chi connectivity index (χ3n) is 4.42. The molecule has 1 fully saturated rings. The Balaban J connectivity index is 1.82. The van der Waals surface area contributed by atoms with Gasteiger partial charge in [-0.15, -0.1) is 0 Å². The Morgan fingerprint density at radius 2 is 1.96 bits per heavy atom. The Morgan fingerprint density at radius 3 is 2.67 bits per heavy atom. The number of halogens is 1. The van der Waals surface area contributed by atoms with E-state index in [1.54, 1.807) is 0 Å². The van der Waals surface area contributed by atoms with Crippen molar-refractivity contribution in [2.75, 3.05) is 25.5 Å². The number of nitrogens with zero attached hydrogens (tertiary/aromatic N) is 2. The molecule has 1 aliphatic rings. The van der Waals surface area contributed by atoms with Gasteiger partial charge in [-0.25, -0.2) is 9.97 Å². The average Bonchev–Trinajstić information content (AvgIpc) is 2.61. The summed E-state index contributed by atoms with van der Waals surface area (Å²) < 4.78 is 5.50. The molecule has 1 amide bonds. The molecule has 1 aromatic carbocycles. The van der Waals surface area contributed by atoms with Crippen LogP contribution in [-0.4, -0.2) is 35.6 Å². The van der Waals surface area contributed by atoms with Crippen molar-refractivity contribution < 1.29 is 9.53 Å². The highest BCUT2D eigenvalue weighted by Crippen LogP contribution is 2.38. The molecule has 0 atom stereocenters. The van der Waals surface area contributed by atoms with Crippen LogP contribution in [0.1, 0.15) is 28.9 Å². The molecule has 1 aromatic heterocycles. The molecule has 3 rings (SSSR count). The highest BCUT2D eigenvalue weighted by Gasteiger charge is 2.36. The largest absolute Gasteiger partial charge is 0.382 e. The molecule has 24 heavy (non-hydrogen) atoms. The van der Waals surface area contributed by atoms with Gasteiger partial charge in [0.05, 0.1) is 0 Å². The fourth-order valence-corrected chi connectivity index (χ4v) is 3.39. The first kappa shape index (κ1) is 16.7. The molecule has 0 bridgehead atoms. The van der Waals surface area contributed by atoms with E-state index in [9.17, 15) is 4.79 Å². The van der Waals surface area contributed by atoms with Crippen molar-refractivity contribution in [1.29, 1.82) is 0 Å². The van der Waals surface area contributed by atoms with Gasteiger partial charge in [0.2, 0.25) is 0 Å². The van der Waals surface area contributed by atoms with Crippen LogP contribution in [0.2, 0.25) is 5.02 Å². The van der Waals surface area contributed by atoms with Gasteiger partial charge in [0.15, 0.2) is 11.5 Å². The quantitative estimate of drug-likeness (QED) is 0.885. The van der Waals surface area contributed by atoms with Crippen molar-refractivity contribution >= 4 is 23.3 Å². The third kappa shape index (κ3) is 3.34. The number of aromatic nitrogens is 2. The fourth-order valence-electron chi connectivity index (χ4n) is 3.05. The first-order valence-corrected chi connectivity index (χ1v) is 8.18. The van der Waals surface area contributed by atoms with Crippen molar-refractivity contribution in [2.24, 2.45) is 0 Å². The predicted octanol–water partition coefficient (Wildman–Crippen LogP) is 2.19. The zero-order valence-electron chi connectivity index (χ0n) is 13.2. The van der Waals surface area contributed by atoms with E-state index in [1.165, 1.54) is 12.4 Å². The van der Waals surface area contributed by atoms with Gasteiger partial charge in [-0.05, 0) is 24.5 Å². The Labute approximate surface area is 145 Å². The van der Waals surface area contributed by atoms with Crippen molar-refractivity contribution in [3.05, 3.63) is 52.9 Å². The predicted molar refractivity (Wildman–Crippen MR) is 92.0 cm³/mol. The van der Waals surface area contributed by atoms with Gasteiger partial charge in [0.25, 0.3) is 5.91 Å². The molecule has 6 nitrogen and oxygen atoms in total. The van der Waals surface area contributed by atoms with Gasteiger partial charge < -0.3 is 15.8 Å². The van der Waals surface area contributed by atoms with E-state index in [0.717, 1.165) is 18.4 Å². The second kappa shape index (κ2) is 7.15. The van der Waals surface area contributed by atoms with Gasteiger partial charge in [-0.2, -0.15) is 0 Å². The molecule has 0 saturated carbocycles. The van der Waals surface area contributed by atoms with E-state index in [0.29, 0.717) is 24.8 Å². The van der Waals surface area contributed by atoms with Crippen LogP contribution in [0.15, 0.2) is 36.7 Å². The van der Waals surface area contributed by atoms with Crippen LogP contribution < -0.4 is 11.1 Å². The molecular formula is C17H19ClN4O2. The lowest BCUT2D eigenvalue weighted by Crippen LogP contribution is -2.45. The number of carbonyl (C=O) groups excluding carboxylic acids is 1. The summed E-state index contributed by atoms with van der Waals surface area (Å²) in [7, 11) is 0. The standard InChI is InChI=1S/C17H19ClN4O2/c18-13-4-2-1-3-12(13)17(5-9-24-10-6-17)11-22-16(23)14-15(19)21-8-7-20-14/h1-4,7-8H,5-6,9-11H2,(H2,19,21)(H,22,23). The zero-order valence-corrected chi connectivity index (χ0v) is 13.9. The molecule has 0 radical (unpaired) electrons. The van der Waals surface area contributed by atoms with Crippen LogP contribution in [-0.2, 0) is 10.2 Å². The molecule has 7 heteroatoms. The summed E-state index contributed by atoms with van der Waals surface area (Å²) in [4.78, 5) is 20.3. The summed E-state index contributed by atoms with van der Waals surface area (Å²) in [6.45, 7) is 1.71. The molecule has 0 spiro atoms. The minimum absolute atomic E-state index is 0.119. The summed E-state index contributed by atoms with van der Waals surface area (Å²) >= 11 is 6.41. The molecular weight excluding hydrogens is 328 g/mol. The number of nitrogens with one attached hydrogen (secondary N) is 1. The van der Waals surface area contributed by atoms with Crippen LogP contribution in [0.3, 0.4) is 0 Å². The molecule has 1 saturated heterocycles. The lowest BCUT2D eigenvalue weighted by atomic mass is 9.74. The molecule has 0 unspecified atom stereocenters. The van der Waals surface area contributed by atoms with E-state index < -0.39 is 0 Å². The highest BCUT2D eigenvalue weighted by molar-refractivity contribution is 6.31. The van der Waals surface area contributed by atoms with Crippen LogP contribution in [0.4, 0.5) is 5.82 Å². The Morgan fingerprint density at radius 1 is 1.25 bits per heavy atom. The smallest absolute Gasteiger partial charge is 0.273 e. The van der Waals surface area contributed by atoms with Crippen molar-refractivity contribution in [3.8, 4) is 0 Å². The second-order valence-corrected chi connectivity index (χ2v) is 6.25. The number of ether oxygens (including phenoxy) is 1. The normalized spacial score (nSPS) is 16.5. The zero-order chi connectivity index (χ0) is 17.0. The Bertz CT molecular complexity index is 732. The highest BCUT2D eigenvalue weighted by atomic mass is 35.5. The number of rotatable bonds is 4. The molecule has 3 N–H and O–H groups in total. The van der Waals surface area contributed by atoms with Gasteiger partial charge in [-0.1, -0.05) is 29.8 Å². The maximum atomic E-state index is 12.4. The number of benzene rings is 1. The first-order chi connectivity index (χ1) is 11.6. The lowest BCUT2D eigenvalue weighted by Gasteiger charge is -2.38. The van der Waals surface area contributed by atoms with E-state index in [-0.39, 0.29) is 22.8 Å². The van der Waals surface area contributed by atoms with E-state index in [1.807, 2.05) is 24.3 Å². The second-order valence-electron chi connectivity index (χ2n) is 5.85. The number of hydrogen-bond donors (Lipinski definition) is 2. The molecule has 2 heterocycles. The lowest BCUT2D eigenvalue weighted by molar-refractivity contribution is 0.0487. The van der Waals surface area contributed by atoms with Crippen LogP contribution in [0, 0.1) is 0 Å². The Kier molecular flexibility index (Phi) is 4.97. The van der Waals surface area contributed by atoms with Crippen molar-refractivity contribution in [1.82, 2.24) is 15.3 Å². The minimum Gasteiger partial charge on any atom is -0.382 e. The number of carbonyl (C=O) groups is 1. The van der Waals surface area contributed by atoms with E-state index in [4.69, 9.17) is 22.1 Å². The van der Waals surface area contributed by atoms with Crippen molar-refractivity contribution in [3.63, 3.8) is 0 Å². The summed E-state index contributed by atoms with van der Waals surface area (Å²) in [6, 6.07) is 7.74. The maximum absolute atomic E-state index is 12.4. The summed E-state index contributed by atoms with van der Waals surface area (Å²) in [6.07, 6.45) is 4.47. The van der Waals surface area contributed by atoms with Gasteiger partial charge in [0, 0.05) is 42.6 Å². The summed E-state index contributed by atoms with van der Waals surface area (Å²) in [5.74, 6) is -0.215.